The van der Waals surface area contributed by atoms with Gasteiger partial charge in [-0.1, -0.05) is 182 Å². The number of hydrogen-bond donors (Lipinski definition) is 0. The largest absolute Gasteiger partial charge is 0.302 e. The Kier molecular flexibility index (Phi) is 16.3. The van der Waals surface area contributed by atoms with Gasteiger partial charge in [0, 0.05) is 78.0 Å². The van der Waals surface area contributed by atoms with E-state index in [1.165, 1.54) is 109 Å². The van der Waals surface area contributed by atoms with E-state index in [2.05, 4.69) is 360 Å². The first-order chi connectivity index (χ1) is 46.0. The van der Waals surface area contributed by atoms with E-state index >= 15 is 0 Å². The van der Waals surface area contributed by atoms with Gasteiger partial charge >= 0.3 is 0 Å². The molecule has 0 aliphatic carbocycles. The molecule has 9 heteroatoms. The average molecular weight is 1300 g/mol. The Morgan fingerprint density at radius 1 is 0.140 bits per heavy atom. The molecule has 93 heavy (non-hydrogen) atoms. The molecule has 10 aromatic carbocycles. The highest BCUT2D eigenvalue weighted by molar-refractivity contribution is 7.27. The van der Waals surface area contributed by atoms with Crippen molar-refractivity contribution in [3.63, 3.8) is 0 Å². The molecule has 0 aliphatic rings. The van der Waals surface area contributed by atoms with E-state index in [1.807, 2.05) is 68.0 Å². The van der Waals surface area contributed by atoms with Crippen LogP contribution < -0.4 is 14.7 Å². The van der Waals surface area contributed by atoms with Crippen LogP contribution in [0.25, 0.3) is 94.0 Å². The Bertz CT molecular complexity index is 4480. The fourth-order valence-electron chi connectivity index (χ4n) is 11.9. The zero-order chi connectivity index (χ0) is 61.9. The third kappa shape index (κ3) is 12.3. The van der Waals surface area contributed by atoms with Crippen molar-refractivity contribution < 1.29 is 0 Å². The summed E-state index contributed by atoms with van der Waals surface area (Å²) in [5.41, 5.74) is 17.5. The minimum Gasteiger partial charge on any atom is -0.302 e. The zero-order valence-electron chi connectivity index (χ0n) is 50.2. The Morgan fingerprint density at radius 3 is 0.548 bits per heavy atom. The fraction of sp³-hybridized carbons (Fsp3) is 0. The molecule has 3 nitrogen and oxygen atoms in total. The Labute approximate surface area is 566 Å². The summed E-state index contributed by atoms with van der Waals surface area (Å²) >= 11 is 11.0. The lowest BCUT2D eigenvalue weighted by molar-refractivity contribution is 1.32. The van der Waals surface area contributed by atoms with Gasteiger partial charge < -0.3 is 14.7 Å². The Balaban J connectivity index is 0.685. The predicted octanol–water partition coefficient (Wildman–Crippen LogP) is 27.5. The summed E-state index contributed by atoms with van der Waals surface area (Å²) < 4.78 is 0. The molecule has 16 aromatic rings. The second-order valence-electron chi connectivity index (χ2n) is 22.5. The van der Waals surface area contributed by atoms with Gasteiger partial charge in [-0.2, -0.15) is 0 Å². The summed E-state index contributed by atoms with van der Waals surface area (Å²) in [7, 11) is 0. The van der Waals surface area contributed by atoms with Gasteiger partial charge in [-0.25, -0.2) is 0 Å². The summed E-state index contributed by atoms with van der Waals surface area (Å²) in [5.74, 6) is 0. The van der Waals surface area contributed by atoms with Gasteiger partial charge in [0.15, 0.2) is 0 Å². The second-order valence-corrected chi connectivity index (χ2v) is 28.9. The van der Waals surface area contributed by atoms with Gasteiger partial charge in [-0.15, -0.1) is 68.0 Å². The van der Waals surface area contributed by atoms with Gasteiger partial charge in [-0.05, 0) is 214 Å². The highest BCUT2D eigenvalue weighted by Gasteiger charge is 2.21. The monoisotopic (exact) mass is 1300 g/mol. The molecule has 0 spiro atoms. The molecule has 0 fully saturated rings. The normalized spacial score (nSPS) is 11.2. The van der Waals surface area contributed by atoms with Crippen LogP contribution in [-0.2, 0) is 0 Å². The topological polar surface area (TPSA) is 9.72 Å². The first-order valence-corrected chi connectivity index (χ1v) is 35.7. The molecule has 0 atom stereocenters. The first-order valence-electron chi connectivity index (χ1n) is 30.8. The summed E-state index contributed by atoms with van der Waals surface area (Å²) in [6.45, 7) is 0. The van der Waals surface area contributed by atoms with Crippen molar-refractivity contribution >= 4 is 117 Å². The lowest BCUT2D eigenvalue weighted by atomic mass is 9.92. The summed E-state index contributed by atoms with van der Waals surface area (Å²) in [6, 6.07) is 126. The van der Waals surface area contributed by atoms with E-state index in [0.717, 1.165) is 34.1 Å². The number of para-hydroxylation sites is 6. The van der Waals surface area contributed by atoms with Crippen LogP contribution in [0.1, 0.15) is 0 Å². The van der Waals surface area contributed by atoms with Crippen molar-refractivity contribution in [1.82, 2.24) is 0 Å². The number of nitrogens with zero attached hydrogens (tertiary/aromatic N) is 3. The number of rotatable bonds is 18. The van der Waals surface area contributed by atoms with Crippen molar-refractivity contribution in [2.45, 2.75) is 0 Å². The number of hydrogen-bond acceptors (Lipinski definition) is 9. The lowest BCUT2D eigenvalue weighted by Crippen LogP contribution is -2.07. The lowest BCUT2D eigenvalue weighted by Gasteiger charge is -2.23. The van der Waals surface area contributed by atoms with Gasteiger partial charge in [-0.3, -0.25) is 0 Å². The molecule has 16 rings (SSSR count). The SMILES string of the molecule is c1ccc(N(c2ccccc2)c2ccc(-c3ccc(-c4ccc(-c5cc(-c6ccc(-c7ccc(-c8ccc(N(c9ccccc9)c9ccccc9)s8)s7)cc6)cc(-c6ccc(-c7ccc(-c8ccc(N(c9ccccc9)c9ccccc9)s8)s7)cc6)c5)cc4)s3)s2)cc1. The molecule has 0 unspecified atom stereocenters. The van der Waals surface area contributed by atoms with Crippen LogP contribution in [-0.4, -0.2) is 0 Å². The first kappa shape index (κ1) is 57.9. The fourth-order valence-corrected chi connectivity index (χ4v) is 18.3. The van der Waals surface area contributed by atoms with Crippen LogP contribution in [0.3, 0.4) is 0 Å². The van der Waals surface area contributed by atoms with Crippen LogP contribution in [0, 0.1) is 0 Å². The maximum absolute atomic E-state index is 2.36. The summed E-state index contributed by atoms with van der Waals surface area (Å²) in [4.78, 5) is 18.3. The highest BCUT2D eigenvalue weighted by atomic mass is 32.1. The predicted molar refractivity (Wildman–Crippen MR) is 407 cm³/mol. The molecule has 6 aromatic heterocycles. The zero-order valence-corrected chi connectivity index (χ0v) is 55.1. The molecule has 0 saturated carbocycles. The van der Waals surface area contributed by atoms with E-state index in [-0.39, 0.29) is 0 Å². The molecule has 0 radical (unpaired) electrons. The van der Waals surface area contributed by atoms with Gasteiger partial charge in [0.05, 0.1) is 0 Å². The van der Waals surface area contributed by atoms with E-state index in [1.54, 1.807) is 0 Å². The summed E-state index contributed by atoms with van der Waals surface area (Å²) in [5, 5.41) is 3.55. The third-order valence-electron chi connectivity index (χ3n) is 16.5. The van der Waals surface area contributed by atoms with Crippen LogP contribution in [0.5, 0.6) is 0 Å². The molecule has 444 valence electrons. The van der Waals surface area contributed by atoms with Gasteiger partial charge in [0.2, 0.25) is 0 Å². The average Bonchev–Trinajstić information content (AvgIpc) is 2.18. The molecule has 0 N–H and O–H groups in total. The molecular weight excluding hydrogens is 1240 g/mol. The molecule has 0 amide bonds. The molecule has 6 heterocycles. The minimum absolute atomic E-state index is 1.14. The maximum atomic E-state index is 2.36. The van der Waals surface area contributed by atoms with Crippen LogP contribution in [0.4, 0.5) is 49.1 Å². The number of thiophene rings is 6. The molecular formula is C84H57N3S6. The molecule has 0 bridgehead atoms. The third-order valence-corrected chi connectivity index (χ3v) is 23.7. The van der Waals surface area contributed by atoms with E-state index in [0.29, 0.717) is 0 Å². The van der Waals surface area contributed by atoms with E-state index < -0.39 is 0 Å². The molecule has 0 saturated heterocycles. The van der Waals surface area contributed by atoms with Crippen LogP contribution in [0.2, 0.25) is 0 Å². The van der Waals surface area contributed by atoms with Gasteiger partial charge in [0.1, 0.15) is 15.0 Å². The Hall–Kier alpha value is -10.2. The van der Waals surface area contributed by atoms with Crippen molar-refractivity contribution in [3.05, 3.63) is 346 Å². The highest BCUT2D eigenvalue weighted by Crippen LogP contribution is 2.49. The number of anilines is 9. The molecule has 0 aliphatic heterocycles. The van der Waals surface area contributed by atoms with E-state index in [9.17, 15) is 0 Å². The van der Waals surface area contributed by atoms with Crippen molar-refractivity contribution in [3.8, 4) is 94.0 Å². The van der Waals surface area contributed by atoms with Gasteiger partial charge in [0.25, 0.3) is 0 Å². The van der Waals surface area contributed by atoms with Crippen molar-refractivity contribution in [1.29, 1.82) is 0 Å². The Morgan fingerprint density at radius 2 is 0.323 bits per heavy atom. The quantitative estimate of drug-likeness (QED) is 0.0848. The smallest absolute Gasteiger partial charge is 0.101 e. The minimum atomic E-state index is 1.14. The van der Waals surface area contributed by atoms with Crippen molar-refractivity contribution in [2.75, 3.05) is 14.7 Å². The van der Waals surface area contributed by atoms with E-state index in [4.69, 9.17) is 0 Å². The maximum Gasteiger partial charge on any atom is 0.101 e. The summed E-state index contributed by atoms with van der Waals surface area (Å²) in [6.07, 6.45) is 0. The van der Waals surface area contributed by atoms with Crippen molar-refractivity contribution in [2.24, 2.45) is 0 Å². The van der Waals surface area contributed by atoms with Crippen LogP contribution in [0.15, 0.2) is 346 Å². The van der Waals surface area contributed by atoms with Crippen LogP contribution >= 0.6 is 68.0 Å². The standard InChI is InChI=1S/C84H57N3S6/c1-7-19-67(20-8-1)85(68-21-9-2-10-22-68)82-52-49-79(91-82)76-46-43-73(88-76)61-37-31-58(32-38-61)64-55-65(59-33-39-62(40-34-59)74-44-47-77(89-74)80-50-53-83(92-80)86(69-23-11-3-12-24-69)70-25-13-4-14-26-70)57-66(56-64)60-35-41-63(42-36-60)75-45-48-78(90-75)81-51-54-84(93-81)87(71-27-15-5-16-28-71)72-29-17-6-18-30-72/h1-57H. The number of benzene rings is 10. The second kappa shape index (κ2) is 26.2.